The van der Waals surface area contributed by atoms with E-state index in [0.29, 0.717) is 12.1 Å². The van der Waals surface area contributed by atoms with Gasteiger partial charge in [-0.2, -0.15) is 5.26 Å². The summed E-state index contributed by atoms with van der Waals surface area (Å²) in [6.45, 7) is 4.00. The van der Waals surface area contributed by atoms with Gasteiger partial charge in [-0.15, -0.1) is 0 Å². The molecule has 1 heterocycles. The Kier molecular flexibility index (Phi) is 4.08. The van der Waals surface area contributed by atoms with Crippen LogP contribution in [-0.2, 0) is 6.54 Å². The summed E-state index contributed by atoms with van der Waals surface area (Å²) >= 11 is 0. The van der Waals surface area contributed by atoms with Gasteiger partial charge in [-0.3, -0.25) is 0 Å². The van der Waals surface area contributed by atoms with Crippen LogP contribution in [0.2, 0.25) is 0 Å². The zero-order valence-electron chi connectivity index (χ0n) is 11.4. The van der Waals surface area contributed by atoms with Crippen molar-refractivity contribution in [3.63, 3.8) is 0 Å². The Bertz CT molecular complexity index is 491. The average Bonchev–Trinajstić information content (AvgIpc) is 2.59. The van der Waals surface area contributed by atoms with Gasteiger partial charge in [0.15, 0.2) is 0 Å². The first kappa shape index (κ1) is 13.9. The number of anilines is 1. The molecule has 1 fully saturated rings. The molecule has 0 aromatic heterocycles. The van der Waals surface area contributed by atoms with Crippen LogP contribution in [0, 0.1) is 11.3 Å². The van der Waals surface area contributed by atoms with Crippen LogP contribution in [-0.4, -0.2) is 23.8 Å². The van der Waals surface area contributed by atoms with E-state index in [4.69, 9.17) is 5.73 Å². The summed E-state index contributed by atoms with van der Waals surface area (Å²) in [5.41, 5.74) is 7.62. The van der Waals surface area contributed by atoms with E-state index in [2.05, 4.69) is 11.0 Å². The van der Waals surface area contributed by atoms with Crippen LogP contribution in [0.25, 0.3) is 0 Å². The topological polar surface area (TPSA) is 73.3 Å². The summed E-state index contributed by atoms with van der Waals surface area (Å²) in [5.74, 6) is 0. The molecule has 0 amide bonds. The fourth-order valence-corrected chi connectivity index (χ4v) is 2.58. The lowest BCUT2D eigenvalue weighted by atomic mass is 9.98. The van der Waals surface area contributed by atoms with Crippen molar-refractivity contribution in [1.82, 2.24) is 0 Å². The van der Waals surface area contributed by atoms with Gasteiger partial charge in [0.1, 0.15) is 6.07 Å². The van der Waals surface area contributed by atoms with Crippen LogP contribution in [0.3, 0.4) is 0 Å². The van der Waals surface area contributed by atoms with E-state index >= 15 is 0 Å². The Morgan fingerprint density at radius 1 is 1.42 bits per heavy atom. The van der Waals surface area contributed by atoms with E-state index in [9.17, 15) is 10.4 Å². The third kappa shape index (κ3) is 3.25. The summed E-state index contributed by atoms with van der Waals surface area (Å²) in [5, 5.41) is 19.4. The molecule has 4 heteroatoms. The van der Waals surface area contributed by atoms with Gasteiger partial charge in [0.05, 0.1) is 16.9 Å². The van der Waals surface area contributed by atoms with Crippen molar-refractivity contribution in [2.75, 3.05) is 18.0 Å². The zero-order chi connectivity index (χ0) is 13.9. The minimum Gasteiger partial charge on any atom is -0.390 e. The molecule has 19 heavy (non-hydrogen) atoms. The van der Waals surface area contributed by atoms with Gasteiger partial charge in [-0.25, -0.2) is 0 Å². The lowest BCUT2D eigenvalue weighted by Gasteiger charge is -2.25. The van der Waals surface area contributed by atoms with Crippen LogP contribution in [0.15, 0.2) is 18.2 Å². The molecule has 1 unspecified atom stereocenters. The van der Waals surface area contributed by atoms with Crippen LogP contribution >= 0.6 is 0 Å². The molecule has 102 valence electrons. The number of aliphatic hydroxyl groups is 1. The molecular formula is C15H21N3O. The second-order valence-electron chi connectivity index (χ2n) is 5.50. The van der Waals surface area contributed by atoms with Gasteiger partial charge in [-0.1, -0.05) is 6.07 Å². The van der Waals surface area contributed by atoms with Crippen LogP contribution < -0.4 is 10.6 Å². The summed E-state index contributed by atoms with van der Waals surface area (Å²) < 4.78 is 0. The molecule has 1 aliphatic heterocycles. The number of nitrogens with two attached hydrogens (primary N) is 1. The van der Waals surface area contributed by atoms with Gasteiger partial charge in [0, 0.05) is 19.6 Å². The van der Waals surface area contributed by atoms with Crippen LogP contribution in [0.1, 0.15) is 37.3 Å². The molecule has 0 saturated carbocycles. The third-order valence-electron chi connectivity index (χ3n) is 3.82. The highest BCUT2D eigenvalue weighted by atomic mass is 16.3. The predicted octanol–water partition coefficient (Wildman–Crippen LogP) is 1.76. The Balaban J connectivity index is 2.24. The van der Waals surface area contributed by atoms with Crippen molar-refractivity contribution in [2.24, 2.45) is 5.73 Å². The first-order chi connectivity index (χ1) is 9.05. The lowest BCUT2D eigenvalue weighted by Crippen LogP contribution is -2.28. The average molecular weight is 259 g/mol. The number of nitrogens with zero attached hydrogens (tertiary/aromatic N) is 2. The number of nitriles is 1. The largest absolute Gasteiger partial charge is 0.390 e. The van der Waals surface area contributed by atoms with Gasteiger partial charge in [0.2, 0.25) is 0 Å². The standard InChI is InChI=1S/C15H21N3O/c1-15(19)5-2-7-18(8-6-15)14-4-3-12(10-16)9-13(14)11-17/h3-4,9,19H,2,5-8,10,16H2,1H3. The van der Waals surface area contributed by atoms with E-state index in [-0.39, 0.29) is 0 Å². The van der Waals surface area contributed by atoms with Gasteiger partial charge in [-0.05, 0) is 43.9 Å². The van der Waals surface area contributed by atoms with Crippen molar-refractivity contribution in [2.45, 2.75) is 38.3 Å². The summed E-state index contributed by atoms with van der Waals surface area (Å²) in [4.78, 5) is 2.19. The maximum atomic E-state index is 10.1. The Hall–Kier alpha value is -1.57. The summed E-state index contributed by atoms with van der Waals surface area (Å²) in [6, 6.07) is 8.05. The smallest absolute Gasteiger partial charge is 0.101 e. The minimum atomic E-state index is -0.585. The summed E-state index contributed by atoms with van der Waals surface area (Å²) in [7, 11) is 0. The Morgan fingerprint density at radius 2 is 2.21 bits per heavy atom. The number of benzene rings is 1. The van der Waals surface area contributed by atoms with Crippen molar-refractivity contribution in [3.8, 4) is 6.07 Å². The van der Waals surface area contributed by atoms with Crippen LogP contribution in [0.5, 0.6) is 0 Å². The molecule has 0 bridgehead atoms. The SMILES string of the molecule is CC1(O)CCCN(c2ccc(CN)cc2C#N)CC1. The Labute approximate surface area is 114 Å². The lowest BCUT2D eigenvalue weighted by molar-refractivity contribution is 0.0481. The molecule has 1 saturated heterocycles. The molecular weight excluding hydrogens is 238 g/mol. The van der Waals surface area contributed by atoms with E-state index in [1.54, 1.807) is 0 Å². The monoisotopic (exact) mass is 259 g/mol. The molecule has 0 aliphatic carbocycles. The van der Waals surface area contributed by atoms with Crippen molar-refractivity contribution < 1.29 is 5.11 Å². The van der Waals surface area contributed by atoms with Crippen molar-refractivity contribution >= 4 is 5.69 Å². The molecule has 3 N–H and O–H groups in total. The highest BCUT2D eigenvalue weighted by Crippen LogP contribution is 2.27. The zero-order valence-corrected chi connectivity index (χ0v) is 11.4. The molecule has 1 aromatic rings. The van der Waals surface area contributed by atoms with Crippen molar-refractivity contribution in [3.05, 3.63) is 29.3 Å². The molecule has 0 radical (unpaired) electrons. The normalized spacial score (nSPS) is 23.8. The van der Waals surface area contributed by atoms with E-state index in [0.717, 1.165) is 43.6 Å². The highest BCUT2D eigenvalue weighted by Gasteiger charge is 2.25. The summed E-state index contributed by atoms with van der Waals surface area (Å²) in [6.07, 6.45) is 2.49. The second kappa shape index (κ2) is 5.60. The van der Waals surface area contributed by atoms with Crippen molar-refractivity contribution in [1.29, 1.82) is 5.26 Å². The maximum Gasteiger partial charge on any atom is 0.101 e. The first-order valence-electron chi connectivity index (χ1n) is 6.76. The van der Waals surface area contributed by atoms with Crippen LogP contribution in [0.4, 0.5) is 5.69 Å². The maximum absolute atomic E-state index is 10.1. The Morgan fingerprint density at radius 3 is 2.89 bits per heavy atom. The molecule has 2 rings (SSSR count). The third-order valence-corrected chi connectivity index (χ3v) is 3.82. The van der Waals surface area contributed by atoms with E-state index in [1.807, 2.05) is 25.1 Å². The fraction of sp³-hybridized carbons (Fsp3) is 0.533. The molecule has 1 aliphatic rings. The molecule has 4 nitrogen and oxygen atoms in total. The minimum absolute atomic E-state index is 0.448. The quantitative estimate of drug-likeness (QED) is 0.848. The van der Waals surface area contributed by atoms with Gasteiger partial charge in [0.25, 0.3) is 0 Å². The fourth-order valence-electron chi connectivity index (χ4n) is 2.58. The number of hydrogen-bond donors (Lipinski definition) is 2. The number of hydrogen-bond acceptors (Lipinski definition) is 4. The molecule has 1 atom stereocenters. The number of rotatable bonds is 2. The molecule has 1 aromatic carbocycles. The van der Waals surface area contributed by atoms with Gasteiger partial charge >= 0.3 is 0 Å². The highest BCUT2D eigenvalue weighted by molar-refractivity contribution is 5.60. The predicted molar refractivity (Wildman–Crippen MR) is 75.7 cm³/mol. The first-order valence-corrected chi connectivity index (χ1v) is 6.76. The van der Waals surface area contributed by atoms with Gasteiger partial charge < -0.3 is 15.7 Å². The second-order valence-corrected chi connectivity index (χ2v) is 5.50. The molecule has 0 spiro atoms. The van der Waals surface area contributed by atoms with E-state index in [1.165, 1.54) is 0 Å². The van der Waals surface area contributed by atoms with E-state index < -0.39 is 5.60 Å².